The zero-order chi connectivity index (χ0) is 14.1. The fraction of sp³-hybridized carbons (Fsp3) is 0.0714. The highest BCUT2D eigenvalue weighted by atomic mass is 35.5. The van der Waals surface area contributed by atoms with Crippen molar-refractivity contribution < 1.29 is 0 Å². The van der Waals surface area contributed by atoms with Crippen LogP contribution < -0.4 is 0 Å². The average Bonchev–Trinajstić information content (AvgIpc) is 2.94. The van der Waals surface area contributed by atoms with Crippen molar-refractivity contribution in [2.45, 2.75) is 6.92 Å². The van der Waals surface area contributed by atoms with Gasteiger partial charge in [-0.15, -0.1) is 11.3 Å². The largest absolute Gasteiger partial charge is 0.241 e. The standard InChI is InChI=1S/C14H9Cl2N3S/c1-8-2-4-9(5-3-8)10-11(15)18-13(19-12(10)16)14-17-6-7-20-14/h2-7H,1H3. The first kappa shape index (κ1) is 13.5. The van der Waals surface area contributed by atoms with Crippen molar-refractivity contribution in [2.24, 2.45) is 0 Å². The molecule has 1 aromatic carbocycles. The Morgan fingerprint density at radius 2 is 1.65 bits per heavy atom. The van der Waals surface area contributed by atoms with Crippen molar-refractivity contribution in [2.75, 3.05) is 0 Å². The predicted molar refractivity (Wildman–Crippen MR) is 83.3 cm³/mol. The summed E-state index contributed by atoms with van der Waals surface area (Å²) in [5.41, 5.74) is 2.71. The zero-order valence-corrected chi connectivity index (χ0v) is 12.8. The van der Waals surface area contributed by atoms with E-state index in [4.69, 9.17) is 23.2 Å². The van der Waals surface area contributed by atoms with Gasteiger partial charge in [0.15, 0.2) is 10.8 Å². The minimum atomic E-state index is 0.332. The fourth-order valence-corrected chi connectivity index (χ4v) is 2.97. The lowest BCUT2D eigenvalue weighted by Crippen LogP contribution is -1.94. The maximum absolute atomic E-state index is 6.27. The van der Waals surface area contributed by atoms with E-state index in [1.165, 1.54) is 16.9 Å². The molecule has 0 atom stereocenters. The average molecular weight is 322 g/mol. The Labute approximate surface area is 130 Å². The maximum Gasteiger partial charge on any atom is 0.191 e. The summed E-state index contributed by atoms with van der Waals surface area (Å²) in [5, 5.41) is 3.22. The summed E-state index contributed by atoms with van der Waals surface area (Å²) in [5.74, 6) is 0.450. The fourth-order valence-electron chi connectivity index (χ4n) is 1.80. The Bertz CT molecular complexity index is 717. The van der Waals surface area contributed by atoms with Crippen LogP contribution in [0.5, 0.6) is 0 Å². The SMILES string of the molecule is Cc1ccc(-c2c(Cl)nc(-c3nccs3)nc2Cl)cc1. The van der Waals surface area contributed by atoms with Gasteiger partial charge in [-0.25, -0.2) is 15.0 Å². The molecule has 3 nitrogen and oxygen atoms in total. The van der Waals surface area contributed by atoms with E-state index in [2.05, 4.69) is 15.0 Å². The van der Waals surface area contributed by atoms with Gasteiger partial charge < -0.3 is 0 Å². The molecule has 3 aromatic rings. The van der Waals surface area contributed by atoms with Crippen LogP contribution in [0.1, 0.15) is 5.56 Å². The Morgan fingerprint density at radius 3 is 2.20 bits per heavy atom. The van der Waals surface area contributed by atoms with Crippen molar-refractivity contribution in [3.8, 4) is 22.0 Å². The van der Waals surface area contributed by atoms with Gasteiger partial charge in [0, 0.05) is 11.6 Å². The number of nitrogens with zero attached hydrogens (tertiary/aromatic N) is 3. The van der Waals surface area contributed by atoms with Gasteiger partial charge in [-0.1, -0.05) is 53.0 Å². The lowest BCUT2D eigenvalue weighted by molar-refractivity contribution is 1.16. The minimum Gasteiger partial charge on any atom is -0.241 e. The van der Waals surface area contributed by atoms with Crippen LogP contribution >= 0.6 is 34.5 Å². The predicted octanol–water partition coefficient (Wildman–Crippen LogP) is 4.88. The summed E-state index contributed by atoms with van der Waals surface area (Å²) in [6.45, 7) is 2.02. The third-order valence-corrected chi connectivity index (χ3v) is 4.10. The van der Waals surface area contributed by atoms with Gasteiger partial charge in [-0.05, 0) is 12.5 Å². The molecule has 2 aromatic heterocycles. The molecular weight excluding hydrogens is 313 g/mol. The molecule has 0 fully saturated rings. The van der Waals surface area contributed by atoms with E-state index in [-0.39, 0.29) is 0 Å². The van der Waals surface area contributed by atoms with Gasteiger partial charge in [-0.3, -0.25) is 0 Å². The molecule has 0 saturated carbocycles. The highest BCUT2D eigenvalue weighted by Gasteiger charge is 2.15. The molecule has 3 rings (SSSR count). The number of rotatable bonds is 2. The normalized spacial score (nSPS) is 10.8. The Kier molecular flexibility index (Phi) is 3.70. The molecule has 0 saturated heterocycles. The van der Waals surface area contributed by atoms with E-state index in [1.807, 2.05) is 36.6 Å². The van der Waals surface area contributed by atoms with Gasteiger partial charge in [0.2, 0.25) is 0 Å². The molecule has 100 valence electrons. The summed E-state index contributed by atoms with van der Waals surface area (Å²) in [6.07, 6.45) is 1.69. The molecule has 0 radical (unpaired) electrons. The molecule has 2 heterocycles. The summed E-state index contributed by atoms with van der Waals surface area (Å²) < 4.78 is 0. The van der Waals surface area contributed by atoms with Crippen LogP contribution in [0.3, 0.4) is 0 Å². The third kappa shape index (κ3) is 2.54. The number of benzene rings is 1. The molecular formula is C14H9Cl2N3S. The minimum absolute atomic E-state index is 0.332. The van der Waals surface area contributed by atoms with Crippen molar-refractivity contribution in [1.29, 1.82) is 0 Å². The van der Waals surface area contributed by atoms with Gasteiger partial charge in [0.05, 0.1) is 5.56 Å². The number of hydrogen-bond donors (Lipinski definition) is 0. The number of aryl methyl sites for hydroxylation is 1. The van der Waals surface area contributed by atoms with Crippen LogP contribution in [0, 0.1) is 6.92 Å². The summed E-state index contributed by atoms with van der Waals surface area (Å²) in [6, 6.07) is 7.90. The second-order valence-corrected chi connectivity index (χ2v) is 5.82. The highest BCUT2D eigenvalue weighted by Crippen LogP contribution is 2.34. The molecule has 0 spiro atoms. The van der Waals surface area contributed by atoms with E-state index in [9.17, 15) is 0 Å². The number of halogens is 2. The molecule has 0 aliphatic rings. The summed E-state index contributed by atoms with van der Waals surface area (Å²) in [4.78, 5) is 12.7. The summed E-state index contributed by atoms with van der Waals surface area (Å²) >= 11 is 14.0. The zero-order valence-electron chi connectivity index (χ0n) is 10.5. The van der Waals surface area contributed by atoms with E-state index in [1.54, 1.807) is 6.20 Å². The van der Waals surface area contributed by atoms with Crippen LogP contribution in [0.4, 0.5) is 0 Å². The molecule has 0 bridgehead atoms. The number of thiazole rings is 1. The van der Waals surface area contributed by atoms with Gasteiger partial charge in [0.1, 0.15) is 10.3 Å². The molecule has 0 aliphatic carbocycles. The van der Waals surface area contributed by atoms with E-state index >= 15 is 0 Å². The van der Waals surface area contributed by atoms with Crippen LogP contribution in [0.2, 0.25) is 10.3 Å². The van der Waals surface area contributed by atoms with Gasteiger partial charge >= 0.3 is 0 Å². The second kappa shape index (κ2) is 5.48. The molecule has 0 aliphatic heterocycles. The molecule has 0 N–H and O–H groups in total. The van der Waals surface area contributed by atoms with Crippen LogP contribution in [-0.2, 0) is 0 Å². The molecule has 6 heteroatoms. The van der Waals surface area contributed by atoms with Crippen LogP contribution in [0.15, 0.2) is 35.8 Å². The maximum atomic E-state index is 6.27. The Balaban J connectivity index is 2.11. The van der Waals surface area contributed by atoms with Crippen molar-refractivity contribution in [3.63, 3.8) is 0 Å². The number of hydrogen-bond acceptors (Lipinski definition) is 4. The monoisotopic (exact) mass is 321 g/mol. The Hall–Kier alpha value is -1.49. The topological polar surface area (TPSA) is 38.7 Å². The number of aromatic nitrogens is 3. The van der Waals surface area contributed by atoms with Crippen molar-refractivity contribution >= 4 is 34.5 Å². The first-order chi connectivity index (χ1) is 9.65. The molecule has 20 heavy (non-hydrogen) atoms. The van der Waals surface area contributed by atoms with Gasteiger partial charge in [-0.2, -0.15) is 0 Å². The second-order valence-electron chi connectivity index (χ2n) is 4.21. The Morgan fingerprint density at radius 1 is 1.00 bits per heavy atom. The van der Waals surface area contributed by atoms with Crippen LogP contribution in [0.25, 0.3) is 22.0 Å². The summed E-state index contributed by atoms with van der Waals surface area (Å²) in [7, 11) is 0. The smallest absolute Gasteiger partial charge is 0.191 e. The molecule has 0 unspecified atom stereocenters. The first-order valence-corrected chi connectivity index (χ1v) is 7.48. The van der Waals surface area contributed by atoms with E-state index in [0.29, 0.717) is 26.7 Å². The van der Waals surface area contributed by atoms with E-state index in [0.717, 1.165) is 5.56 Å². The highest BCUT2D eigenvalue weighted by molar-refractivity contribution is 7.13. The first-order valence-electron chi connectivity index (χ1n) is 5.85. The lowest BCUT2D eigenvalue weighted by atomic mass is 10.1. The quantitative estimate of drug-likeness (QED) is 0.631. The van der Waals surface area contributed by atoms with Gasteiger partial charge in [0.25, 0.3) is 0 Å². The van der Waals surface area contributed by atoms with Crippen molar-refractivity contribution in [3.05, 3.63) is 51.7 Å². The van der Waals surface area contributed by atoms with Crippen molar-refractivity contribution in [1.82, 2.24) is 15.0 Å². The third-order valence-electron chi connectivity index (χ3n) is 2.78. The molecule has 0 amide bonds. The lowest BCUT2D eigenvalue weighted by Gasteiger charge is -2.07. The van der Waals surface area contributed by atoms with E-state index < -0.39 is 0 Å². The van der Waals surface area contributed by atoms with Crippen LogP contribution in [-0.4, -0.2) is 15.0 Å².